The largest absolute Gasteiger partial charge is 0.324 e. The third kappa shape index (κ3) is 9.63. The molecule has 3 heteroatoms. The lowest BCUT2D eigenvalue weighted by Gasteiger charge is -2.43. The van der Waals surface area contributed by atoms with Crippen molar-refractivity contribution in [3.63, 3.8) is 0 Å². The maximum absolute atomic E-state index is 6.46. The monoisotopic (exact) mass is 406 g/mol. The second-order valence-corrected chi connectivity index (χ2v) is 9.12. The van der Waals surface area contributed by atoms with Crippen LogP contribution in [0.1, 0.15) is 110 Å². The van der Waals surface area contributed by atoms with Crippen molar-refractivity contribution < 1.29 is 14.2 Å². The van der Waals surface area contributed by atoms with E-state index in [-0.39, 0.29) is 24.2 Å². The van der Waals surface area contributed by atoms with Crippen LogP contribution in [-0.4, -0.2) is 24.3 Å². The van der Waals surface area contributed by atoms with E-state index in [2.05, 4.69) is 79.7 Å². The first-order valence-electron chi connectivity index (χ1n) is 11.8. The SMILES string of the molecule is CCCCCCCCC(c1ccc(C)cc1)C(OC(C)C)(OC(C)C)OC(C)C. The summed E-state index contributed by atoms with van der Waals surface area (Å²) in [5.41, 5.74) is 2.49. The summed E-state index contributed by atoms with van der Waals surface area (Å²) in [6.45, 7) is 16.7. The maximum atomic E-state index is 6.46. The third-order valence-electron chi connectivity index (χ3n) is 4.95. The molecule has 0 saturated carbocycles. The van der Waals surface area contributed by atoms with E-state index in [0.717, 1.165) is 12.8 Å². The second kappa shape index (κ2) is 13.4. The number of aryl methyl sites for hydroxylation is 1. The molecule has 0 N–H and O–H groups in total. The standard InChI is InChI=1S/C26H46O3/c1-9-10-11-12-13-14-15-25(24-18-16-23(8)17-19-24)26(27-20(2)3,28-21(4)5)29-22(6)7/h16-22,25H,9-15H2,1-8H3. The Kier molecular flexibility index (Phi) is 12.1. The molecule has 0 aliphatic heterocycles. The van der Waals surface area contributed by atoms with Crippen molar-refractivity contribution in [1.82, 2.24) is 0 Å². The highest BCUT2D eigenvalue weighted by molar-refractivity contribution is 5.26. The fourth-order valence-electron chi connectivity index (χ4n) is 3.79. The Bertz CT molecular complexity index is 507. The molecule has 0 radical (unpaired) electrons. The first kappa shape index (κ1) is 26.1. The van der Waals surface area contributed by atoms with Gasteiger partial charge in [-0.15, -0.1) is 0 Å². The normalized spacial score (nSPS) is 13.6. The molecule has 1 rings (SSSR count). The Morgan fingerprint density at radius 3 is 1.59 bits per heavy atom. The lowest BCUT2D eigenvalue weighted by atomic mass is 9.89. The smallest absolute Gasteiger partial charge is 0.290 e. The van der Waals surface area contributed by atoms with Gasteiger partial charge in [0.05, 0.1) is 24.2 Å². The average molecular weight is 407 g/mol. The molecule has 0 aliphatic rings. The summed E-state index contributed by atoms with van der Waals surface area (Å²) in [7, 11) is 0. The molecule has 0 heterocycles. The Balaban J connectivity index is 3.19. The second-order valence-electron chi connectivity index (χ2n) is 9.12. The fourth-order valence-corrected chi connectivity index (χ4v) is 3.79. The van der Waals surface area contributed by atoms with Gasteiger partial charge in [-0.05, 0) is 60.5 Å². The van der Waals surface area contributed by atoms with Crippen LogP contribution in [0.3, 0.4) is 0 Å². The molecule has 0 amide bonds. The quantitative estimate of drug-likeness (QED) is 0.220. The molecule has 29 heavy (non-hydrogen) atoms. The van der Waals surface area contributed by atoms with Crippen LogP contribution in [0, 0.1) is 6.92 Å². The minimum Gasteiger partial charge on any atom is -0.324 e. The van der Waals surface area contributed by atoms with Gasteiger partial charge in [-0.1, -0.05) is 75.3 Å². The lowest BCUT2D eigenvalue weighted by Crippen LogP contribution is -2.49. The van der Waals surface area contributed by atoms with Crippen molar-refractivity contribution >= 4 is 0 Å². The average Bonchev–Trinajstić information content (AvgIpc) is 2.60. The van der Waals surface area contributed by atoms with Crippen molar-refractivity contribution in [2.24, 2.45) is 0 Å². The fraction of sp³-hybridized carbons (Fsp3) is 0.769. The Labute approximate surface area is 180 Å². The van der Waals surface area contributed by atoms with Gasteiger partial charge in [-0.3, -0.25) is 0 Å². The Morgan fingerprint density at radius 1 is 0.690 bits per heavy atom. The minimum atomic E-state index is -1.07. The van der Waals surface area contributed by atoms with E-state index in [0.29, 0.717) is 0 Å². The van der Waals surface area contributed by atoms with E-state index >= 15 is 0 Å². The maximum Gasteiger partial charge on any atom is 0.290 e. The van der Waals surface area contributed by atoms with Gasteiger partial charge >= 0.3 is 0 Å². The summed E-state index contributed by atoms with van der Waals surface area (Å²) in [6, 6.07) is 8.77. The first-order valence-corrected chi connectivity index (χ1v) is 11.8. The summed E-state index contributed by atoms with van der Waals surface area (Å²) in [6.07, 6.45) is 8.61. The van der Waals surface area contributed by atoms with Gasteiger partial charge < -0.3 is 14.2 Å². The van der Waals surface area contributed by atoms with Crippen molar-refractivity contribution in [3.05, 3.63) is 35.4 Å². The molecule has 0 saturated heterocycles. The zero-order valence-electron chi connectivity index (χ0n) is 20.3. The Hall–Kier alpha value is -0.900. The van der Waals surface area contributed by atoms with Gasteiger partial charge in [-0.2, -0.15) is 0 Å². The number of unbranched alkanes of at least 4 members (excludes halogenated alkanes) is 5. The summed E-state index contributed by atoms with van der Waals surface area (Å²) in [5, 5.41) is 0. The van der Waals surface area contributed by atoms with Crippen molar-refractivity contribution in [2.75, 3.05) is 0 Å². The van der Waals surface area contributed by atoms with Crippen LogP contribution in [0.15, 0.2) is 24.3 Å². The highest BCUT2D eigenvalue weighted by Gasteiger charge is 2.45. The van der Waals surface area contributed by atoms with E-state index in [9.17, 15) is 0 Å². The van der Waals surface area contributed by atoms with Gasteiger partial charge in [0.2, 0.25) is 0 Å². The molecule has 0 aromatic heterocycles. The van der Waals surface area contributed by atoms with Crippen LogP contribution in [-0.2, 0) is 14.2 Å². The lowest BCUT2D eigenvalue weighted by molar-refractivity contribution is -0.420. The van der Waals surface area contributed by atoms with Gasteiger partial charge in [-0.25, -0.2) is 0 Å². The third-order valence-corrected chi connectivity index (χ3v) is 4.95. The molecule has 168 valence electrons. The topological polar surface area (TPSA) is 27.7 Å². The molecule has 1 aromatic rings. The number of hydrogen-bond acceptors (Lipinski definition) is 3. The van der Waals surface area contributed by atoms with E-state index in [1.54, 1.807) is 0 Å². The van der Waals surface area contributed by atoms with E-state index in [1.807, 2.05) is 0 Å². The summed E-state index contributed by atoms with van der Waals surface area (Å²) in [4.78, 5) is 0. The van der Waals surface area contributed by atoms with E-state index < -0.39 is 5.97 Å². The molecule has 1 atom stereocenters. The van der Waals surface area contributed by atoms with Crippen LogP contribution in [0.5, 0.6) is 0 Å². The molecule has 0 fully saturated rings. The summed E-state index contributed by atoms with van der Waals surface area (Å²) < 4.78 is 19.4. The number of hydrogen-bond donors (Lipinski definition) is 0. The van der Waals surface area contributed by atoms with Gasteiger partial charge in [0, 0.05) is 0 Å². The van der Waals surface area contributed by atoms with Gasteiger partial charge in [0.1, 0.15) is 0 Å². The predicted molar refractivity (Wildman–Crippen MR) is 123 cm³/mol. The number of ether oxygens (including phenoxy) is 3. The molecule has 1 aromatic carbocycles. The summed E-state index contributed by atoms with van der Waals surface area (Å²) >= 11 is 0. The first-order chi connectivity index (χ1) is 13.7. The minimum absolute atomic E-state index is 0.00463. The van der Waals surface area contributed by atoms with E-state index in [4.69, 9.17) is 14.2 Å². The molecular formula is C26H46O3. The van der Waals surface area contributed by atoms with Crippen LogP contribution >= 0.6 is 0 Å². The molecule has 0 spiro atoms. The highest BCUT2D eigenvalue weighted by atomic mass is 16.9. The van der Waals surface area contributed by atoms with Gasteiger partial charge in [0.25, 0.3) is 5.97 Å². The molecule has 0 bridgehead atoms. The highest BCUT2D eigenvalue weighted by Crippen LogP contribution is 2.41. The zero-order chi connectivity index (χ0) is 21.9. The predicted octanol–water partition coefficient (Wildman–Crippen LogP) is 7.76. The number of rotatable bonds is 15. The van der Waals surface area contributed by atoms with Crippen molar-refractivity contribution in [1.29, 1.82) is 0 Å². The molecule has 3 nitrogen and oxygen atoms in total. The van der Waals surface area contributed by atoms with E-state index in [1.165, 1.54) is 43.2 Å². The zero-order valence-corrected chi connectivity index (χ0v) is 20.3. The number of benzene rings is 1. The van der Waals surface area contributed by atoms with Gasteiger partial charge in [0.15, 0.2) is 0 Å². The Morgan fingerprint density at radius 2 is 1.14 bits per heavy atom. The molecule has 0 aliphatic carbocycles. The molecular weight excluding hydrogens is 360 g/mol. The van der Waals surface area contributed by atoms with Crippen LogP contribution in [0.25, 0.3) is 0 Å². The van der Waals surface area contributed by atoms with Crippen molar-refractivity contribution in [2.45, 2.75) is 131 Å². The van der Waals surface area contributed by atoms with Crippen LogP contribution in [0.4, 0.5) is 0 Å². The van der Waals surface area contributed by atoms with Crippen LogP contribution < -0.4 is 0 Å². The van der Waals surface area contributed by atoms with Crippen LogP contribution in [0.2, 0.25) is 0 Å². The van der Waals surface area contributed by atoms with Crippen molar-refractivity contribution in [3.8, 4) is 0 Å². The summed E-state index contributed by atoms with van der Waals surface area (Å²) in [5.74, 6) is -1.05. The molecule has 1 unspecified atom stereocenters.